The fourth-order valence-corrected chi connectivity index (χ4v) is 2.89. The molecular weight excluding hydrogens is 302 g/mol. The molecule has 102 valence electrons. The number of aromatic nitrogens is 1. The van der Waals surface area contributed by atoms with Gasteiger partial charge < -0.3 is 5.11 Å². The van der Waals surface area contributed by atoms with Crippen LogP contribution in [0, 0.1) is 0 Å². The van der Waals surface area contributed by atoms with Crippen molar-refractivity contribution < 1.29 is 5.11 Å². The van der Waals surface area contributed by atoms with Gasteiger partial charge in [-0.1, -0.05) is 35.3 Å². The predicted octanol–water partition coefficient (Wildman–Crippen LogP) is 4.48. The number of nitrogens with zero attached hydrogens (tertiary/aromatic N) is 1. The highest BCUT2D eigenvalue weighted by Crippen LogP contribution is 2.25. The molecule has 1 aromatic heterocycles. The third-order valence-corrected chi connectivity index (χ3v) is 4.11. The van der Waals surface area contributed by atoms with Crippen molar-refractivity contribution in [3.05, 3.63) is 40.5 Å². The van der Waals surface area contributed by atoms with Gasteiger partial charge in [0.05, 0.1) is 11.6 Å². The number of fused-ring (bicyclic) bond motifs is 1. The van der Waals surface area contributed by atoms with Crippen LogP contribution in [0.1, 0.15) is 38.2 Å². The maximum atomic E-state index is 9.74. The molecule has 1 heterocycles. The first-order chi connectivity index (χ1) is 9.20. The van der Waals surface area contributed by atoms with Gasteiger partial charge in [-0.15, -0.1) is 0 Å². The smallest absolute Gasteiger partial charge is 0.0705 e. The monoisotopic (exact) mass is 321 g/mol. The molecule has 0 spiro atoms. The number of aliphatic hydroxyl groups excluding tert-OH is 1. The summed E-state index contributed by atoms with van der Waals surface area (Å²) in [5, 5.41) is 10.9. The highest BCUT2D eigenvalue weighted by Gasteiger charge is 2.06. The van der Waals surface area contributed by atoms with E-state index in [9.17, 15) is 5.11 Å². The molecule has 0 radical (unpaired) electrons. The molecule has 1 N–H and O–H groups in total. The number of rotatable bonds is 6. The van der Waals surface area contributed by atoms with Crippen LogP contribution in [0.4, 0.5) is 0 Å². The van der Waals surface area contributed by atoms with Crippen LogP contribution in [-0.4, -0.2) is 16.2 Å². The Labute approximate surface area is 123 Å². The summed E-state index contributed by atoms with van der Waals surface area (Å²) < 4.78 is 1.14. The molecule has 1 unspecified atom stereocenters. The van der Waals surface area contributed by atoms with Crippen LogP contribution < -0.4 is 0 Å². The Hall–Kier alpha value is -0.930. The van der Waals surface area contributed by atoms with Crippen molar-refractivity contribution in [2.24, 2.45) is 0 Å². The summed E-state index contributed by atoms with van der Waals surface area (Å²) in [4.78, 5) is 4.39. The Bertz CT molecular complexity index is 541. The van der Waals surface area contributed by atoms with Crippen molar-refractivity contribution in [1.29, 1.82) is 0 Å². The molecule has 2 aromatic rings. The molecule has 0 aliphatic heterocycles. The first kappa shape index (κ1) is 14.5. The fraction of sp³-hybridized carbons (Fsp3) is 0.438. The maximum Gasteiger partial charge on any atom is 0.0705 e. The third kappa shape index (κ3) is 4.02. The number of hydrogen-bond acceptors (Lipinski definition) is 2. The molecule has 0 aliphatic carbocycles. The molecule has 0 saturated heterocycles. The quantitative estimate of drug-likeness (QED) is 0.850. The number of aliphatic hydroxyl groups is 1. The normalized spacial score (nSPS) is 12.8. The standard InChI is InChI=1S/C16H20BrNO/c1-2-5-14(19)8-3-6-12-11-16-13(10-15(12)17)7-4-9-18-16/h4,7,9-11,14,19H,2-3,5-6,8H2,1H3. The molecule has 0 saturated carbocycles. The van der Waals surface area contributed by atoms with E-state index in [4.69, 9.17) is 0 Å². The second-order valence-electron chi connectivity index (χ2n) is 4.97. The number of pyridine rings is 1. The summed E-state index contributed by atoms with van der Waals surface area (Å²) in [6.07, 6.45) is 6.49. The minimum atomic E-state index is -0.151. The van der Waals surface area contributed by atoms with Gasteiger partial charge >= 0.3 is 0 Å². The van der Waals surface area contributed by atoms with Crippen LogP contribution in [0.3, 0.4) is 0 Å². The van der Waals surface area contributed by atoms with E-state index in [2.05, 4.69) is 46.0 Å². The SMILES string of the molecule is CCCC(O)CCCc1cc2ncccc2cc1Br. The molecule has 19 heavy (non-hydrogen) atoms. The molecule has 1 atom stereocenters. The Kier molecular flexibility index (Phi) is 5.34. The van der Waals surface area contributed by atoms with Crippen LogP contribution in [0.2, 0.25) is 0 Å². The Morgan fingerprint density at radius 3 is 2.95 bits per heavy atom. The highest BCUT2D eigenvalue weighted by atomic mass is 79.9. The lowest BCUT2D eigenvalue weighted by Gasteiger charge is -2.10. The Morgan fingerprint density at radius 2 is 2.16 bits per heavy atom. The zero-order chi connectivity index (χ0) is 13.7. The number of hydrogen-bond donors (Lipinski definition) is 1. The summed E-state index contributed by atoms with van der Waals surface area (Å²) in [5.74, 6) is 0. The van der Waals surface area contributed by atoms with Crippen molar-refractivity contribution in [1.82, 2.24) is 4.98 Å². The van der Waals surface area contributed by atoms with Crippen LogP contribution >= 0.6 is 15.9 Å². The zero-order valence-electron chi connectivity index (χ0n) is 11.3. The Balaban J connectivity index is 2.02. The second kappa shape index (κ2) is 7.01. The van der Waals surface area contributed by atoms with Crippen molar-refractivity contribution in [3.63, 3.8) is 0 Å². The Morgan fingerprint density at radius 1 is 1.32 bits per heavy atom. The topological polar surface area (TPSA) is 33.1 Å². The maximum absolute atomic E-state index is 9.74. The lowest BCUT2D eigenvalue weighted by Crippen LogP contribution is -2.06. The highest BCUT2D eigenvalue weighted by molar-refractivity contribution is 9.10. The van der Waals surface area contributed by atoms with Crippen LogP contribution in [0.15, 0.2) is 34.9 Å². The van der Waals surface area contributed by atoms with Gasteiger partial charge in [0.1, 0.15) is 0 Å². The van der Waals surface area contributed by atoms with E-state index >= 15 is 0 Å². The first-order valence-electron chi connectivity index (χ1n) is 6.92. The average Bonchev–Trinajstić information content (AvgIpc) is 2.39. The van der Waals surface area contributed by atoms with Crippen molar-refractivity contribution in [2.45, 2.75) is 45.1 Å². The van der Waals surface area contributed by atoms with Gasteiger partial charge in [-0.2, -0.15) is 0 Å². The molecule has 0 amide bonds. The summed E-state index contributed by atoms with van der Waals surface area (Å²) in [5.41, 5.74) is 2.31. The van der Waals surface area contributed by atoms with E-state index in [0.717, 1.165) is 47.5 Å². The van der Waals surface area contributed by atoms with Gasteiger partial charge in [0.25, 0.3) is 0 Å². The van der Waals surface area contributed by atoms with E-state index in [1.807, 2.05) is 12.3 Å². The minimum Gasteiger partial charge on any atom is -0.393 e. The van der Waals surface area contributed by atoms with E-state index < -0.39 is 0 Å². The van der Waals surface area contributed by atoms with Gasteiger partial charge in [-0.25, -0.2) is 0 Å². The molecule has 1 aromatic carbocycles. The molecule has 2 nitrogen and oxygen atoms in total. The van der Waals surface area contributed by atoms with E-state index in [1.165, 1.54) is 5.56 Å². The summed E-state index contributed by atoms with van der Waals surface area (Å²) in [7, 11) is 0. The average molecular weight is 322 g/mol. The van der Waals surface area contributed by atoms with Crippen LogP contribution in [0.25, 0.3) is 10.9 Å². The van der Waals surface area contributed by atoms with Gasteiger partial charge in [-0.05, 0) is 49.4 Å². The first-order valence-corrected chi connectivity index (χ1v) is 7.71. The summed E-state index contributed by atoms with van der Waals surface area (Å²) >= 11 is 3.63. The second-order valence-corrected chi connectivity index (χ2v) is 5.83. The zero-order valence-corrected chi connectivity index (χ0v) is 12.9. The van der Waals surface area contributed by atoms with Crippen molar-refractivity contribution in [3.8, 4) is 0 Å². The number of halogens is 1. The van der Waals surface area contributed by atoms with Crippen LogP contribution in [0.5, 0.6) is 0 Å². The number of benzene rings is 1. The van der Waals surface area contributed by atoms with Crippen LogP contribution in [-0.2, 0) is 6.42 Å². The molecule has 0 aliphatic rings. The van der Waals surface area contributed by atoms with Gasteiger partial charge in [0, 0.05) is 16.1 Å². The largest absolute Gasteiger partial charge is 0.393 e. The fourth-order valence-electron chi connectivity index (χ4n) is 2.33. The van der Waals surface area contributed by atoms with E-state index in [1.54, 1.807) is 0 Å². The molecule has 0 bridgehead atoms. The predicted molar refractivity (Wildman–Crippen MR) is 83.3 cm³/mol. The van der Waals surface area contributed by atoms with E-state index in [0.29, 0.717) is 0 Å². The van der Waals surface area contributed by atoms with E-state index in [-0.39, 0.29) is 6.10 Å². The lowest BCUT2D eigenvalue weighted by molar-refractivity contribution is 0.151. The van der Waals surface area contributed by atoms with Crippen molar-refractivity contribution >= 4 is 26.8 Å². The third-order valence-electron chi connectivity index (χ3n) is 3.38. The summed E-state index contributed by atoms with van der Waals surface area (Å²) in [6.45, 7) is 2.11. The lowest BCUT2D eigenvalue weighted by atomic mass is 10.0. The minimum absolute atomic E-state index is 0.151. The van der Waals surface area contributed by atoms with Gasteiger partial charge in [-0.3, -0.25) is 4.98 Å². The van der Waals surface area contributed by atoms with Gasteiger partial charge in [0.2, 0.25) is 0 Å². The molecule has 2 rings (SSSR count). The molecular formula is C16H20BrNO. The summed E-state index contributed by atoms with van der Waals surface area (Å²) in [6, 6.07) is 8.29. The molecule has 0 fully saturated rings. The molecule has 3 heteroatoms. The number of aryl methyl sites for hydroxylation is 1. The van der Waals surface area contributed by atoms with Gasteiger partial charge in [0.15, 0.2) is 0 Å². The van der Waals surface area contributed by atoms with Crippen molar-refractivity contribution in [2.75, 3.05) is 0 Å².